The third kappa shape index (κ3) is 2.75. The van der Waals surface area contributed by atoms with Crippen molar-refractivity contribution in [1.29, 1.82) is 0 Å². The smallest absolute Gasteiger partial charge is 0.227 e. The van der Waals surface area contributed by atoms with Gasteiger partial charge in [0.2, 0.25) is 11.8 Å². The third-order valence-corrected chi connectivity index (χ3v) is 5.20. The molecule has 0 aliphatic carbocycles. The minimum Gasteiger partial charge on any atom is -0.337 e. The van der Waals surface area contributed by atoms with Gasteiger partial charge >= 0.3 is 0 Å². The quantitative estimate of drug-likeness (QED) is 0.799. The Bertz CT molecular complexity index is 540. The zero-order valence-corrected chi connectivity index (χ0v) is 12.8. The lowest BCUT2D eigenvalue weighted by Gasteiger charge is -2.39. The molecule has 2 aliphatic heterocycles. The van der Waals surface area contributed by atoms with Crippen LogP contribution in [0, 0.1) is 0 Å². The molecule has 3 rings (SSSR count). The van der Waals surface area contributed by atoms with Crippen LogP contribution in [0.25, 0.3) is 0 Å². The van der Waals surface area contributed by atoms with Gasteiger partial charge < -0.3 is 9.80 Å². The van der Waals surface area contributed by atoms with Crippen LogP contribution >= 0.6 is 11.3 Å². The summed E-state index contributed by atoms with van der Waals surface area (Å²) in [5.74, 6) is 0.386. The van der Waals surface area contributed by atoms with E-state index in [1.54, 1.807) is 17.4 Å². The molecule has 0 N–H and O–H groups in total. The average molecular weight is 304 g/mol. The first kappa shape index (κ1) is 14.3. The van der Waals surface area contributed by atoms with Crippen LogP contribution in [0.5, 0.6) is 0 Å². The minimum atomic E-state index is 0.177. The van der Waals surface area contributed by atoms with Crippen molar-refractivity contribution in [3.05, 3.63) is 35.0 Å². The van der Waals surface area contributed by atoms with Gasteiger partial charge in [0.05, 0.1) is 18.5 Å². The highest BCUT2D eigenvalue weighted by atomic mass is 32.1. The number of hydrogen-bond acceptors (Lipinski definition) is 3. The summed E-state index contributed by atoms with van der Waals surface area (Å²) < 4.78 is 0. The average Bonchev–Trinajstić information content (AvgIpc) is 3.11. The Morgan fingerprint density at radius 2 is 2.29 bits per heavy atom. The number of carbonyl (C=O) groups excluding carboxylic acids is 2. The van der Waals surface area contributed by atoms with E-state index in [0.717, 1.165) is 24.9 Å². The molecule has 2 saturated heterocycles. The molecule has 4 nitrogen and oxygen atoms in total. The van der Waals surface area contributed by atoms with Crippen molar-refractivity contribution in [2.45, 2.75) is 37.8 Å². The molecule has 0 aromatic carbocycles. The number of rotatable bonds is 4. The summed E-state index contributed by atoms with van der Waals surface area (Å²) >= 11 is 1.62. The molecule has 2 amide bonds. The van der Waals surface area contributed by atoms with E-state index in [4.69, 9.17) is 0 Å². The van der Waals surface area contributed by atoms with E-state index < -0.39 is 0 Å². The number of amides is 2. The van der Waals surface area contributed by atoms with Crippen molar-refractivity contribution in [2.24, 2.45) is 0 Å². The molecule has 2 atom stereocenters. The lowest BCUT2D eigenvalue weighted by atomic mass is 9.96. The van der Waals surface area contributed by atoms with Gasteiger partial charge in [0, 0.05) is 19.5 Å². The summed E-state index contributed by atoms with van der Waals surface area (Å²) in [6.45, 7) is 5.09. The molecule has 2 aliphatic rings. The van der Waals surface area contributed by atoms with Gasteiger partial charge in [-0.1, -0.05) is 6.08 Å². The molecule has 1 aromatic rings. The zero-order valence-electron chi connectivity index (χ0n) is 12.0. The third-order valence-electron chi connectivity index (χ3n) is 4.47. The lowest BCUT2D eigenvalue weighted by Crippen LogP contribution is -2.53. The van der Waals surface area contributed by atoms with Crippen LogP contribution in [0.2, 0.25) is 0 Å². The highest BCUT2D eigenvalue weighted by Crippen LogP contribution is 2.31. The minimum absolute atomic E-state index is 0.177. The van der Waals surface area contributed by atoms with Gasteiger partial charge in [-0.15, -0.1) is 6.58 Å². The van der Waals surface area contributed by atoms with E-state index >= 15 is 0 Å². The maximum atomic E-state index is 12.5. The predicted molar refractivity (Wildman–Crippen MR) is 83.1 cm³/mol. The first-order valence-corrected chi connectivity index (χ1v) is 8.36. The highest BCUT2D eigenvalue weighted by Gasteiger charge is 2.44. The standard InChI is InChI=1S/C16H20N2O2S/c1-2-7-17-14-5-8-18(13(14)3-4-15(17)19)16(20)10-12-6-9-21-11-12/h2,6,9,11,13-14H,1,3-5,7-8,10H2/t13-,14-/m1/s1. The zero-order chi connectivity index (χ0) is 14.8. The van der Waals surface area contributed by atoms with Crippen molar-refractivity contribution < 1.29 is 9.59 Å². The van der Waals surface area contributed by atoms with Gasteiger partial charge in [0.15, 0.2) is 0 Å². The number of likely N-dealkylation sites (tertiary alicyclic amines) is 2. The van der Waals surface area contributed by atoms with Crippen molar-refractivity contribution in [2.75, 3.05) is 13.1 Å². The largest absolute Gasteiger partial charge is 0.337 e. The molecule has 112 valence electrons. The lowest BCUT2D eigenvalue weighted by molar-refractivity contribution is -0.141. The maximum absolute atomic E-state index is 12.5. The van der Waals surface area contributed by atoms with Crippen LogP contribution in [0.1, 0.15) is 24.8 Å². The van der Waals surface area contributed by atoms with Crippen LogP contribution in [-0.4, -0.2) is 46.8 Å². The molecule has 21 heavy (non-hydrogen) atoms. The van der Waals surface area contributed by atoms with Crippen molar-refractivity contribution in [3.8, 4) is 0 Å². The number of thiophene rings is 1. The Morgan fingerprint density at radius 3 is 3.00 bits per heavy atom. The molecular formula is C16H20N2O2S. The van der Waals surface area contributed by atoms with E-state index in [0.29, 0.717) is 19.4 Å². The van der Waals surface area contributed by atoms with Gasteiger partial charge in [-0.2, -0.15) is 11.3 Å². The fraction of sp³-hybridized carbons (Fsp3) is 0.500. The van der Waals surface area contributed by atoms with Crippen molar-refractivity contribution in [3.63, 3.8) is 0 Å². The number of piperidine rings is 1. The van der Waals surface area contributed by atoms with Crippen molar-refractivity contribution >= 4 is 23.2 Å². The molecule has 0 saturated carbocycles. The monoisotopic (exact) mass is 304 g/mol. The first-order chi connectivity index (χ1) is 10.2. The second-order valence-electron chi connectivity index (χ2n) is 5.69. The summed E-state index contributed by atoms with van der Waals surface area (Å²) in [6.07, 6.45) is 4.47. The molecule has 0 unspecified atom stereocenters. The summed E-state index contributed by atoms with van der Waals surface area (Å²) in [7, 11) is 0. The first-order valence-electron chi connectivity index (χ1n) is 7.41. The summed E-state index contributed by atoms with van der Waals surface area (Å²) in [5.41, 5.74) is 1.09. The van der Waals surface area contributed by atoms with Gasteiger partial charge in [0.1, 0.15) is 0 Å². The van der Waals surface area contributed by atoms with Gasteiger partial charge in [-0.3, -0.25) is 9.59 Å². The Kier molecular flexibility index (Phi) is 4.10. The number of carbonyl (C=O) groups is 2. The van der Waals surface area contributed by atoms with Crippen LogP contribution < -0.4 is 0 Å². The van der Waals surface area contributed by atoms with Crippen LogP contribution in [0.4, 0.5) is 0 Å². The summed E-state index contributed by atoms with van der Waals surface area (Å²) in [5, 5.41) is 4.03. The molecule has 5 heteroatoms. The summed E-state index contributed by atoms with van der Waals surface area (Å²) in [4.78, 5) is 28.4. The number of fused-ring (bicyclic) bond motifs is 1. The van der Waals surface area contributed by atoms with Gasteiger partial charge in [-0.25, -0.2) is 0 Å². The Balaban J connectivity index is 1.70. The fourth-order valence-corrected chi connectivity index (χ4v) is 4.17. The van der Waals surface area contributed by atoms with E-state index in [1.807, 2.05) is 26.6 Å². The normalized spacial score (nSPS) is 25.0. The molecule has 0 spiro atoms. The Labute approximate surface area is 129 Å². The van der Waals surface area contributed by atoms with Crippen LogP contribution in [-0.2, 0) is 16.0 Å². The summed E-state index contributed by atoms with van der Waals surface area (Å²) in [6, 6.07) is 2.37. The predicted octanol–water partition coefficient (Wildman–Crippen LogP) is 2.07. The molecule has 0 radical (unpaired) electrons. The van der Waals surface area contributed by atoms with Gasteiger partial charge in [-0.05, 0) is 35.2 Å². The second-order valence-corrected chi connectivity index (χ2v) is 6.47. The number of nitrogens with zero attached hydrogens (tertiary/aromatic N) is 2. The maximum Gasteiger partial charge on any atom is 0.227 e. The molecule has 1 aromatic heterocycles. The molecule has 2 fully saturated rings. The SMILES string of the molecule is C=CCN1C(=O)CC[C@@H]2[C@H]1CCN2C(=O)Cc1ccsc1. The topological polar surface area (TPSA) is 40.6 Å². The van der Waals surface area contributed by atoms with Gasteiger partial charge in [0.25, 0.3) is 0 Å². The fourth-order valence-electron chi connectivity index (χ4n) is 3.50. The molecule has 0 bridgehead atoms. The van der Waals surface area contributed by atoms with Crippen molar-refractivity contribution in [1.82, 2.24) is 9.80 Å². The molecular weight excluding hydrogens is 284 g/mol. The van der Waals surface area contributed by atoms with E-state index in [9.17, 15) is 9.59 Å². The van der Waals surface area contributed by atoms with E-state index in [2.05, 4.69) is 6.58 Å². The Morgan fingerprint density at radius 1 is 1.43 bits per heavy atom. The van der Waals surface area contributed by atoms with E-state index in [-0.39, 0.29) is 23.9 Å². The second kappa shape index (κ2) is 6.02. The van der Waals surface area contributed by atoms with Crippen LogP contribution in [0.15, 0.2) is 29.5 Å². The van der Waals surface area contributed by atoms with E-state index in [1.165, 1.54) is 0 Å². The molecule has 3 heterocycles. The number of hydrogen-bond donors (Lipinski definition) is 0. The Hall–Kier alpha value is -1.62. The highest BCUT2D eigenvalue weighted by molar-refractivity contribution is 7.07. The van der Waals surface area contributed by atoms with Crippen LogP contribution in [0.3, 0.4) is 0 Å².